The van der Waals surface area contributed by atoms with Crippen LogP contribution in [0, 0.1) is 0 Å². The zero-order valence-corrected chi connectivity index (χ0v) is 17.5. The summed E-state index contributed by atoms with van der Waals surface area (Å²) >= 11 is 0. The van der Waals surface area contributed by atoms with E-state index in [2.05, 4.69) is 34.9 Å². The standard InChI is InChI=1S/C18H29F2N5OSi/c1-21-15-6-8-24(12-18(15,19)20)16-11-22-17-14(23-16)5-7-25(17)13-26-9-10-27(2,3)4/h5,7,11,15,21H,6,8-10,12-13H2,1-4H3. The van der Waals surface area contributed by atoms with Gasteiger partial charge in [-0.1, -0.05) is 19.6 Å². The summed E-state index contributed by atoms with van der Waals surface area (Å²) in [6.45, 7) is 8.29. The molecule has 3 rings (SSSR count). The second kappa shape index (κ2) is 7.81. The first-order valence-electron chi connectivity index (χ1n) is 9.39. The summed E-state index contributed by atoms with van der Waals surface area (Å²) < 4.78 is 36.1. The predicted octanol–water partition coefficient (Wildman–Crippen LogP) is 3.18. The molecule has 1 saturated heterocycles. The number of ether oxygens (including phenoxy) is 1. The Balaban J connectivity index is 1.67. The number of aromatic nitrogens is 3. The molecule has 2 aromatic heterocycles. The van der Waals surface area contributed by atoms with Crippen LogP contribution in [0.2, 0.25) is 25.7 Å². The molecule has 0 spiro atoms. The minimum atomic E-state index is -2.79. The van der Waals surface area contributed by atoms with Crippen molar-refractivity contribution in [3.8, 4) is 0 Å². The van der Waals surface area contributed by atoms with Gasteiger partial charge in [0, 0.05) is 27.4 Å². The Morgan fingerprint density at radius 2 is 2.15 bits per heavy atom. The lowest BCUT2D eigenvalue weighted by Gasteiger charge is -2.38. The van der Waals surface area contributed by atoms with E-state index in [1.165, 1.54) is 0 Å². The first-order chi connectivity index (χ1) is 12.7. The Hall–Kier alpha value is -1.58. The summed E-state index contributed by atoms with van der Waals surface area (Å²) in [7, 11) is 0.465. The van der Waals surface area contributed by atoms with Gasteiger partial charge in [0.1, 0.15) is 18.1 Å². The molecular formula is C18H29F2N5OSi. The van der Waals surface area contributed by atoms with Gasteiger partial charge in [-0.15, -0.1) is 0 Å². The van der Waals surface area contributed by atoms with Crippen molar-refractivity contribution in [3.63, 3.8) is 0 Å². The molecule has 0 bridgehead atoms. The van der Waals surface area contributed by atoms with Crippen molar-refractivity contribution < 1.29 is 13.5 Å². The molecule has 0 amide bonds. The Labute approximate surface area is 159 Å². The maximum absolute atomic E-state index is 14.2. The second-order valence-corrected chi connectivity index (χ2v) is 14.0. The number of hydrogen-bond donors (Lipinski definition) is 1. The molecule has 27 heavy (non-hydrogen) atoms. The molecule has 6 nitrogen and oxygen atoms in total. The van der Waals surface area contributed by atoms with E-state index in [1.807, 2.05) is 16.8 Å². The van der Waals surface area contributed by atoms with E-state index in [0.29, 0.717) is 36.7 Å². The Kier molecular flexibility index (Phi) is 5.83. The first kappa shape index (κ1) is 20.2. The van der Waals surface area contributed by atoms with Gasteiger partial charge in [0.2, 0.25) is 0 Å². The van der Waals surface area contributed by atoms with Crippen molar-refractivity contribution in [2.75, 3.05) is 31.6 Å². The molecule has 3 heterocycles. The maximum atomic E-state index is 14.2. The van der Waals surface area contributed by atoms with E-state index < -0.39 is 20.0 Å². The number of halogens is 2. The summed E-state index contributed by atoms with van der Waals surface area (Å²) in [6.07, 6.45) is 3.83. The van der Waals surface area contributed by atoms with Crippen molar-refractivity contribution in [2.45, 2.75) is 50.8 Å². The number of piperidine rings is 1. The summed E-state index contributed by atoms with van der Waals surface area (Å²) in [5.74, 6) is -2.30. The molecule has 2 aromatic rings. The van der Waals surface area contributed by atoms with E-state index in [9.17, 15) is 8.78 Å². The molecule has 1 aliphatic rings. The molecule has 0 aromatic carbocycles. The SMILES string of the molecule is CNC1CCN(c2cnc3c(ccn3COCC[Si](C)(C)C)n2)CC1(F)F. The van der Waals surface area contributed by atoms with Gasteiger partial charge in [-0.05, 0) is 25.6 Å². The molecule has 1 N–H and O–H groups in total. The fourth-order valence-electron chi connectivity index (χ4n) is 3.24. The lowest BCUT2D eigenvalue weighted by Crippen LogP contribution is -2.56. The molecule has 1 atom stereocenters. The van der Waals surface area contributed by atoms with E-state index >= 15 is 0 Å². The normalized spacial score (nSPS) is 20.4. The monoisotopic (exact) mass is 397 g/mol. The molecule has 0 radical (unpaired) electrons. The second-order valence-electron chi connectivity index (χ2n) is 8.38. The van der Waals surface area contributed by atoms with Crippen LogP contribution in [-0.2, 0) is 11.5 Å². The maximum Gasteiger partial charge on any atom is 0.280 e. The van der Waals surface area contributed by atoms with Crippen molar-refractivity contribution in [1.29, 1.82) is 0 Å². The van der Waals surface area contributed by atoms with E-state index in [1.54, 1.807) is 18.1 Å². The highest BCUT2D eigenvalue weighted by molar-refractivity contribution is 6.76. The predicted molar refractivity (Wildman–Crippen MR) is 106 cm³/mol. The number of rotatable bonds is 7. The first-order valence-corrected chi connectivity index (χ1v) is 13.1. The Bertz CT molecular complexity index is 777. The third-order valence-electron chi connectivity index (χ3n) is 4.95. The highest BCUT2D eigenvalue weighted by atomic mass is 28.3. The third-order valence-corrected chi connectivity index (χ3v) is 6.65. The van der Waals surface area contributed by atoms with Crippen LogP contribution < -0.4 is 10.2 Å². The quantitative estimate of drug-likeness (QED) is 0.574. The molecule has 9 heteroatoms. The molecule has 0 aliphatic carbocycles. The Morgan fingerprint density at radius 3 is 2.81 bits per heavy atom. The average molecular weight is 398 g/mol. The molecule has 1 fully saturated rings. The van der Waals surface area contributed by atoms with Crippen LogP contribution in [0.25, 0.3) is 11.2 Å². The largest absolute Gasteiger partial charge is 0.361 e. The van der Waals surface area contributed by atoms with Gasteiger partial charge in [-0.3, -0.25) is 0 Å². The van der Waals surface area contributed by atoms with Crippen LogP contribution in [0.15, 0.2) is 18.5 Å². The topological polar surface area (TPSA) is 55.2 Å². The summed E-state index contributed by atoms with van der Waals surface area (Å²) in [5, 5.41) is 2.71. The highest BCUT2D eigenvalue weighted by Crippen LogP contribution is 2.30. The van der Waals surface area contributed by atoms with Gasteiger partial charge in [-0.2, -0.15) is 0 Å². The lowest BCUT2D eigenvalue weighted by atomic mass is 10.0. The van der Waals surface area contributed by atoms with Gasteiger partial charge in [-0.25, -0.2) is 18.7 Å². The van der Waals surface area contributed by atoms with E-state index in [4.69, 9.17) is 4.74 Å². The van der Waals surface area contributed by atoms with Crippen LogP contribution in [0.1, 0.15) is 6.42 Å². The van der Waals surface area contributed by atoms with Gasteiger partial charge >= 0.3 is 0 Å². The van der Waals surface area contributed by atoms with Crippen LogP contribution in [0.3, 0.4) is 0 Å². The number of alkyl halides is 2. The zero-order chi connectivity index (χ0) is 19.7. The van der Waals surface area contributed by atoms with Crippen molar-refractivity contribution in [3.05, 3.63) is 18.5 Å². The van der Waals surface area contributed by atoms with Gasteiger partial charge < -0.3 is 19.5 Å². The van der Waals surface area contributed by atoms with Crippen molar-refractivity contribution in [2.24, 2.45) is 0 Å². The lowest BCUT2D eigenvalue weighted by molar-refractivity contribution is -0.0404. The highest BCUT2D eigenvalue weighted by Gasteiger charge is 2.44. The zero-order valence-electron chi connectivity index (χ0n) is 16.5. The van der Waals surface area contributed by atoms with Crippen LogP contribution >= 0.6 is 0 Å². The minimum Gasteiger partial charge on any atom is -0.361 e. The summed E-state index contributed by atoms with van der Waals surface area (Å²) in [6, 6.07) is 2.17. The van der Waals surface area contributed by atoms with Gasteiger partial charge in [0.15, 0.2) is 5.65 Å². The minimum absolute atomic E-state index is 0.348. The van der Waals surface area contributed by atoms with E-state index in [0.717, 1.165) is 12.7 Å². The Morgan fingerprint density at radius 1 is 1.37 bits per heavy atom. The van der Waals surface area contributed by atoms with Gasteiger partial charge in [0.05, 0.1) is 18.8 Å². The fraction of sp³-hybridized carbons (Fsp3) is 0.667. The number of anilines is 1. The molecule has 1 aliphatic heterocycles. The van der Waals surface area contributed by atoms with Crippen LogP contribution in [0.5, 0.6) is 0 Å². The van der Waals surface area contributed by atoms with Crippen LogP contribution in [0.4, 0.5) is 14.6 Å². The number of nitrogens with one attached hydrogen (secondary N) is 1. The molecule has 150 valence electrons. The fourth-order valence-corrected chi connectivity index (χ4v) is 4.00. The number of nitrogens with zero attached hydrogens (tertiary/aromatic N) is 4. The average Bonchev–Trinajstić information content (AvgIpc) is 2.99. The summed E-state index contributed by atoms with van der Waals surface area (Å²) in [4.78, 5) is 10.6. The smallest absolute Gasteiger partial charge is 0.280 e. The molecule has 0 saturated carbocycles. The molecular weight excluding hydrogens is 368 g/mol. The van der Waals surface area contributed by atoms with E-state index in [-0.39, 0.29) is 6.54 Å². The molecule has 1 unspecified atom stereocenters. The number of fused-ring (bicyclic) bond motifs is 1. The third kappa shape index (κ3) is 4.83. The van der Waals surface area contributed by atoms with Crippen molar-refractivity contribution in [1.82, 2.24) is 19.9 Å². The van der Waals surface area contributed by atoms with Crippen LogP contribution in [-0.4, -0.2) is 61.3 Å². The summed E-state index contributed by atoms with van der Waals surface area (Å²) in [5.41, 5.74) is 1.41. The van der Waals surface area contributed by atoms with Gasteiger partial charge in [0.25, 0.3) is 5.92 Å². The van der Waals surface area contributed by atoms with Crippen molar-refractivity contribution >= 4 is 25.1 Å². The number of hydrogen-bond acceptors (Lipinski definition) is 5.